The molecule has 0 unspecified atom stereocenters. The summed E-state index contributed by atoms with van der Waals surface area (Å²) in [7, 11) is 0. The maximum absolute atomic E-state index is 11.8. The third kappa shape index (κ3) is 1.68. The van der Waals surface area contributed by atoms with Crippen LogP contribution in [0.3, 0.4) is 0 Å². The number of ether oxygens (including phenoxy) is 1. The van der Waals surface area contributed by atoms with Gasteiger partial charge in [0.05, 0.1) is 0 Å². The Bertz CT molecular complexity index is 670. The van der Waals surface area contributed by atoms with E-state index in [4.69, 9.17) is 4.74 Å². The Hall–Kier alpha value is -2.09. The smallest absolute Gasteiger partial charge is 0.303 e. The average Bonchev–Trinajstić information content (AvgIpc) is 2.75. The fraction of sp³-hybridized carbons (Fsp3) is 0.316. The lowest BCUT2D eigenvalue weighted by molar-refractivity contribution is -0.154. The average molecular weight is 278 g/mol. The van der Waals surface area contributed by atoms with Gasteiger partial charge in [-0.05, 0) is 30.4 Å². The van der Waals surface area contributed by atoms with Gasteiger partial charge in [-0.2, -0.15) is 0 Å². The molecular formula is C19H18O2. The molecule has 2 aromatic rings. The molecule has 0 N–H and O–H groups in total. The summed E-state index contributed by atoms with van der Waals surface area (Å²) in [5.41, 5.74) is 4.43. The summed E-state index contributed by atoms with van der Waals surface area (Å²) >= 11 is 0. The van der Waals surface area contributed by atoms with Gasteiger partial charge in [0.2, 0.25) is 0 Å². The van der Waals surface area contributed by atoms with E-state index >= 15 is 0 Å². The normalized spacial score (nSPS) is 25.7. The highest BCUT2D eigenvalue weighted by Gasteiger charge is 2.48. The predicted molar refractivity (Wildman–Crippen MR) is 81.1 cm³/mol. The van der Waals surface area contributed by atoms with Gasteiger partial charge in [0, 0.05) is 24.0 Å². The third-order valence-electron chi connectivity index (χ3n) is 4.88. The molecular weight excluding hydrogens is 260 g/mol. The number of benzene rings is 2. The van der Waals surface area contributed by atoms with E-state index < -0.39 is 5.60 Å². The lowest BCUT2D eigenvalue weighted by Gasteiger charge is -2.40. The Morgan fingerprint density at radius 1 is 1.05 bits per heavy atom. The molecule has 2 aromatic carbocycles. The zero-order valence-electron chi connectivity index (χ0n) is 12.1. The van der Waals surface area contributed by atoms with E-state index in [9.17, 15) is 4.79 Å². The first-order valence-corrected chi connectivity index (χ1v) is 7.61. The Morgan fingerprint density at radius 2 is 1.62 bits per heavy atom. The summed E-state index contributed by atoms with van der Waals surface area (Å²) in [6.07, 6.45) is 3.06. The second-order valence-corrected chi connectivity index (χ2v) is 6.04. The largest absolute Gasteiger partial charge is 0.449 e. The monoisotopic (exact) mass is 278 g/mol. The summed E-state index contributed by atoms with van der Waals surface area (Å²) in [6.45, 7) is 1.51. The van der Waals surface area contributed by atoms with Crippen molar-refractivity contribution in [2.24, 2.45) is 0 Å². The van der Waals surface area contributed by atoms with Crippen LogP contribution in [0.15, 0.2) is 48.5 Å². The second kappa shape index (κ2) is 4.45. The molecule has 0 fully saturated rings. The minimum absolute atomic E-state index is 0.208. The zero-order chi connectivity index (χ0) is 14.4. The van der Waals surface area contributed by atoms with Gasteiger partial charge in [0.25, 0.3) is 0 Å². The summed E-state index contributed by atoms with van der Waals surface area (Å²) in [4.78, 5) is 11.8. The molecule has 3 aliphatic rings. The third-order valence-corrected chi connectivity index (χ3v) is 4.88. The van der Waals surface area contributed by atoms with Crippen molar-refractivity contribution in [2.45, 2.75) is 37.7 Å². The zero-order valence-corrected chi connectivity index (χ0v) is 12.1. The van der Waals surface area contributed by atoms with E-state index in [-0.39, 0.29) is 5.97 Å². The molecule has 106 valence electrons. The van der Waals surface area contributed by atoms with Crippen LogP contribution in [0.5, 0.6) is 0 Å². The maximum atomic E-state index is 11.8. The molecule has 0 spiro atoms. The van der Waals surface area contributed by atoms with E-state index in [2.05, 4.69) is 36.4 Å². The van der Waals surface area contributed by atoms with E-state index in [1.807, 2.05) is 12.1 Å². The van der Waals surface area contributed by atoms with E-state index in [1.54, 1.807) is 0 Å². The van der Waals surface area contributed by atoms with Gasteiger partial charge in [0.1, 0.15) is 0 Å². The Labute approximate surface area is 124 Å². The van der Waals surface area contributed by atoms with Crippen LogP contribution in [0.4, 0.5) is 0 Å². The van der Waals surface area contributed by atoms with Crippen LogP contribution in [-0.4, -0.2) is 5.97 Å². The summed E-state index contributed by atoms with van der Waals surface area (Å²) < 4.78 is 5.96. The summed E-state index contributed by atoms with van der Waals surface area (Å²) in [6, 6.07) is 16.9. The van der Waals surface area contributed by atoms with Crippen LogP contribution in [0.2, 0.25) is 0 Å². The highest BCUT2D eigenvalue weighted by Crippen LogP contribution is 2.54. The van der Waals surface area contributed by atoms with Gasteiger partial charge in [-0.3, -0.25) is 4.79 Å². The number of carbonyl (C=O) groups excluding carboxylic acids is 1. The molecule has 0 heterocycles. The van der Waals surface area contributed by atoms with Crippen molar-refractivity contribution in [3.8, 4) is 0 Å². The number of rotatable bonds is 1. The SMILES string of the molecule is CC(=O)OC12CCCC(c3ccccc31)c1ccccc12. The van der Waals surface area contributed by atoms with Crippen molar-refractivity contribution in [1.29, 1.82) is 0 Å². The van der Waals surface area contributed by atoms with Crippen molar-refractivity contribution in [1.82, 2.24) is 0 Å². The molecule has 3 aliphatic carbocycles. The lowest BCUT2D eigenvalue weighted by atomic mass is 9.71. The first-order valence-electron chi connectivity index (χ1n) is 7.61. The van der Waals surface area contributed by atoms with Crippen molar-refractivity contribution in [3.05, 3.63) is 70.8 Å². The number of esters is 1. The lowest BCUT2D eigenvalue weighted by Crippen LogP contribution is -2.36. The molecule has 2 nitrogen and oxygen atoms in total. The van der Waals surface area contributed by atoms with Crippen LogP contribution in [0.25, 0.3) is 0 Å². The first-order chi connectivity index (χ1) is 10.2. The minimum atomic E-state index is -0.591. The van der Waals surface area contributed by atoms with Crippen LogP contribution < -0.4 is 0 Å². The van der Waals surface area contributed by atoms with Crippen molar-refractivity contribution in [2.75, 3.05) is 0 Å². The Morgan fingerprint density at radius 3 is 2.19 bits per heavy atom. The first kappa shape index (κ1) is 12.6. The van der Waals surface area contributed by atoms with Gasteiger partial charge in [-0.1, -0.05) is 48.5 Å². The molecule has 0 radical (unpaired) electrons. The van der Waals surface area contributed by atoms with E-state index in [0.717, 1.165) is 19.3 Å². The molecule has 2 bridgehead atoms. The molecule has 5 rings (SSSR count). The maximum Gasteiger partial charge on any atom is 0.303 e. The van der Waals surface area contributed by atoms with Crippen LogP contribution in [0, 0.1) is 0 Å². The van der Waals surface area contributed by atoms with Crippen molar-refractivity contribution in [3.63, 3.8) is 0 Å². The Kier molecular flexibility index (Phi) is 2.68. The second-order valence-electron chi connectivity index (χ2n) is 6.04. The number of hydrogen-bond acceptors (Lipinski definition) is 2. The van der Waals surface area contributed by atoms with Gasteiger partial charge in [0.15, 0.2) is 5.60 Å². The molecule has 0 atom stereocenters. The van der Waals surface area contributed by atoms with Crippen LogP contribution in [-0.2, 0) is 15.1 Å². The number of carbonyl (C=O) groups is 1. The highest BCUT2D eigenvalue weighted by atomic mass is 16.6. The quantitative estimate of drug-likeness (QED) is 0.733. The molecule has 0 aromatic heterocycles. The van der Waals surface area contributed by atoms with Gasteiger partial charge in [-0.15, -0.1) is 0 Å². The number of fused-ring (bicyclic) bond motifs is 2. The molecule has 0 amide bonds. The molecule has 2 heteroatoms. The fourth-order valence-electron chi connectivity index (χ4n) is 4.19. The fourth-order valence-corrected chi connectivity index (χ4v) is 4.19. The molecule has 0 aliphatic heterocycles. The Balaban J connectivity index is 2.06. The van der Waals surface area contributed by atoms with Gasteiger partial charge < -0.3 is 4.74 Å². The van der Waals surface area contributed by atoms with Crippen LogP contribution >= 0.6 is 0 Å². The standard InChI is InChI=1S/C19H18O2/c1-13(20)21-19-12-6-9-14(15-7-2-4-10-17(15)19)16-8-3-5-11-18(16)19/h2-5,7-8,10-11,14H,6,9,12H2,1H3. The summed E-state index contributed by atoms with van der Waals surface area (Å²) in [5, 5.41) is 0. The van der Waals surface area contributed by atoms with E-state index in [1.165, 1.54) is 29.2 Å². The van der Waals surface area contributed by atoms with Gasteiger partial charge >= 0.3 is 5.97 Å². The van der Waals surface area contributed by atoms with Crippen LogP contribution in [0.1, 0.15) is 54.4 Å². The van der Waals surface area contributed by atoms with Gasteiger partial charge in [-0.25, -0.2) is 0 Å². The van der Waals surface area contributed by atoms with Crippen molar-refractivity contribution < 1.29 is 9.53 Å². The van der Waals surface area contributed by atoms with Crippen molar-refractivity contribution >= 4 is 5.97 Å². The topological polar surface area (TPSA) is 26.3 Å². The molecule has 0 saturated heterocycles. The summed E-state index contributed by atoms with van der Waals surface area (Å²) in [5.74, 6) is 0.225. The molecule has 0 saturated carbocycles. The predicted octanol–water partition coefficient (Wildman–Crippen LogP) is 4.12. The van der Waals surface area contributed by atoms with E-state index in [0.29, 0.717) is 5.92 Å². The minimum Gasteiger partial charge on any atom is -0.449 e. The molecule has 21 heavy (non-hydrogen) atoms. The highest BCUT2D eigenvalue weighted by molar-refractivity contribution is 5.69. The number of hydrogen-bond donors (Lipinski definition) is 0.